The summed E-state index contributed by atoms with van der Waals surface area (Å²) in [4.78, 5) is 21.4. The number of carbonyl (C=O) groups is 1. The molecular formula is C25H21N3O2. The Hall–Kier alpha value is -3.99. The zero-order valence-electron chi connectivity index (χ0n) is 16.3. The van der Waals surface area contributed by atoms with E-state index in [0.29, 0.717) is 6.54 Å². The van der Waals surface area contributed by atoms with Crippen molar-refractivity contribution in [2.45, 2.75) is 6.42 Å². The van der Waals surface area contributed by atoms with Gasteiger partial charge in [0.05, 0.1) is 6.42 Å². The third-order valence-corrected chi connectivity index (χ3v) is 4.93. The second kappa shape index (κ2) is 9.01. The van der Waals surface area contributed by atoms with Crippen LogP contribution in [-0.4, -0.2) is 27.6 Å². The topological polar surface area (TPSA) is 66.3 Å². The Kier molecular flexibility index (Phi) is 5.80. The summed E-state index contributed by atoms with van der Waals surface area (Å²) in [7, 11) is 0. The first-order valence-corrected chi connectivity index (χ1v) is 9.71. The number of rotatable bonds is 7. The molecule has 0 bridgehead atoms. The van der Waals surface area contributed by atoms with Gasteiger partial charge < -0.3 is 10.0 Å². The van der Waals surface area contributed by atoms with Crippen molar-refractivity contribution < 1.29 is 9.90 Å². The highest BCUT2D eigenvalue weighted by molar-refractivity contribution is 5.74. The molecule has 5 heteroatoms. The highest BCUT2D eigenvalue weighted by Crippen LogP contribution is 2.30. The Bertz CT molecular complexity index is 1010. The van der Waals surface area contributed by atoms with Crippen molar-refractivity contribution in [2.75, 3.05) is 11.4 Å². The molecule has 0 amide bonds. The molecule has 0 saturated carbocycles. The maximum Gasteiger partial charge on any atom is 0.305 e. The van der Waals surface area contributed by atoms with Crippen molar-refractivity contribution in [3.05, 3.63) is 97.6 Å². The summed E-state index contributed by atoms with van der Waals surface area (Å²) in [6, 6.07) is 24.1. The summed E-state index contributed by atoms with van der Waals surface area (Å²) >= 11 is 0. The molecule has 4 rings (SSSR count). The molecule has 0 unspecified atom stereocenters. The van der Waals surface area contributed by atoms with Gasteiger partial charge in [-0.1, -0.05) is 24.3 Å². The molecule has 0 saturated heterocycles. The normalized spacial score (nSPS) is 10.5. The number of aliphatic carboxylic acids is 1. The molecule has 4 aromatic rings. The quantitative estimate of drug-likeness (QED) is 0.452. The van der Waals surface area contributed by atoms with E-state index >= 15 is 0 Å². The predicted octanol–water partition coefficient (Wildman–Crippen LogP) is 5.42. The summed E-state index contributed by atoms with van der Waals surface area (Å²) in [5.74, 6) is -0.818. The third kappa shape index (κ3) is 4.52. The van der Waals surface area contributed by atoms with Crippen LogP contribution in [0.3, 0.4) is 0 Å². The number of anilines is 2. The number of carboxylic acids is 1. The van der Waals surface area contributed by atoms with Gasteiger partial charge in [0.25, 0.3) is 0 Å². The summed E-state index contributed by atoms with van der Waals surface area (Å²) in [6.45, 7) is 0.387. The Balaban J connectivity index is 1.62. The summed E-state index contributed by atoms with van der Waals surface area (Å²) in [5, 5.41) is 9.20. The molecule has 148 valence electrons. The highest BCUT2D eigenvalue weighted by atomic mass is 16.4. The van der Waals surface area contributed by atoms with Gasteiger partial charge in [-0.3, -0.25) is 14.8 Å². The Morgan fingerprint density at radius 1 is 0.633 bits per heavy atom. The van der Waals surface area contributed by atoms with Crippen LogP contribution in [0.1, 0.15) is 6.42 Å². The van der Waals surface area contributed by atoms with Gasteiger partial charge in [-0.05, 0) is 70.8 Å². The van der Waals surface area contributed by atoms with Gasteiger partial charge in [0.1, 0.15) is 0 Å². The van der Waals surface area contributed by atoms with Gasteiger partial charge in [-0.2, -0.15) is 0 Å². The zero-order chi connectivity index (χ0) is 20.8. The average molecular weight is 395 g/mol. The van der Waals surface area contributed by atoms with Crippen LogP contribution in [0.4, 0.5) is 11.4 Å². The molecule has 0 spiro atoms. The minimum atomic E-state index is -0.818. The van der Waals surface area contributed by atoms with Crippen LogP contribution in [0.25, 0.3) is 22.3 Å². The smallest absolute Gasteiger partial charge is 0.305 e. The minimum Gasteiger partial charge on any atom is -0.481 e. The fourth-order valence-electron chi connectivity index (χ4n) is 3.37. The molecule has 0 aliphatic carbocycles. The van der Waals surface area contributed by atoms with Gasteiger partial charge in [-0.25, -0.2) is 0 Å². The first-order chi connectivity index (χ1) is 14.7. The van der Waals surface area contributed by atoms with Crippen molar-refractivity contribution in [1.29, 1.82) is 0 Å². The van der Waals surface area contributed by atoms with Gasteiger partial charge in [-0.15, -0.1) is 0 Å². The largest absolute Gasteiger partial charge is 0.481 e. The van der Waals surface area contributed by atoms with Crippen LogP contribution in [0.5, 0.6) is 0 Å². The molecule has 2 aromatic carbocycles. The van der Waals surface area contributed by atoms with Crippen molar-refractivity contribution in [1.82, 2.24) is 9.97 Å². The SMILES string of the molecule is O=C(O)CCN(c1ccc(-c2ccncc2)cc1)c1ccc(-c2ccncc2)cc1. The van der Waals surface area contributed by atoms with Gasteiger partial charge in [0, 0.05) is 42.7 Å². The number of hydrogen-bond donors (Lipinski definition) is 1. The molecule has 0 atom stereocenters. The van der Waals surface area contributed by atoms with E-state index in [1.807, 2.05) is 77.7 Å². The Labute approximate surface area is 175 Å². The summed E-state index contributed by atoms with van der Waals surface area (Å²) < 4.78 is 0. The number of hydrogen-bond acceptors (Lipinski definition) is 4. The van der Waals surface area contributed by atoms with Crippen molar-refractivity contribution >= 4 is 17.3 Å². The van der Waals surface area contributed by atoms with Crippen molar-refractivity contribution in [3.8, 4) is 22.3 Å². The first-order valence-electron chi connectivity index (χ1n) is 9.71. The number of nitrogens with zero attached hydrogens (tertiary/aromatic N) is 3. The highest BCUT2D eigenvalue weighted by Gasteiger charge is 2.12. The monoisotopic (exact) mass is 395 g/mol. The fourth-order valence-corrected chi connectivity index (χ4v) is 3.37. The van der Waals surface area contributed by atoms with Gasteiger partial charge in [0.15, 0.2) is 0 Å². The van der Waals surface area contributed by atoms with Crippen LogP contribution in [-0.2, 0) is 4.79 Å². The Morgan fingerprint density at radius 3 is 1.37 bits per heavy atom. The lowest BCUT2D eigenvalue weighted by atomic mass is 10.1. The molecular weight excluding hydrogens is 374 g/mol. The second-order valence-electron chi connectivity index (χ2n) is 6.86. The van der Waals surface area contributed by atoms with Crippen LogP contribution in [0.15, 0.2) is 97.6 Å². The summed E-state index contributed by atoms with van der Waals surface area (Å²) in [5.41, 5.74) is 6.27. The van der Waals surface area contributed by atoms with E-state index in [-0.39, 0.29) is 6.42 Å². The molecule has 0 aliphatic heterocycles. The van der Waals surface area contributed by atoms with E-state index in [1.54, 1.807) is 24.8 Å². The molecule has 0 radical (unpaired) electrons. The van der Waals surface area contributed by atoms with Gasteiger partial charge in [0.2, 0.25) is 0 Å². The van der Waals surface area contributed by atoms with E-state index in [2.05, 4.69) is 9.97 Å². The fraction of sp³-hybridized carbons (Fsp3) is 0.0800. The van der Waals surface area contributed by atoms with Gasteiger partial charge >= 0.3 is 5.97 Å². The van der Waals surface area contributed by atoms with Crippen LogP contribution in [0.2, 0.25) is 0 Å². The lowest BCUT2D eigenvalue weighted by Gasteiger charge is -2.25. The number of benzene rings is 2. The third-order valence-electron chi connectivity index (χ3n) is 4.93. The van der Waals surface area contributed by atoms with E-state index in [1.165, 1.54) is 0 Å². The average Bonchev–Trinajstić information content (AvgIpc) is 2.81. The van der Waals surface area contributed by atoms with E-state index < -0.39 is 5.97 Å². The number of pyridine rings is 2. The molecule has 2 heterocycles. The molecule has 5 nitrogen and oxygen atoms in total. The lowest BCUT2D eigenvalue weighted by molar-refractivity contribution is -0.136. The maximum atomic E-state index is 11.2. The molecule has 30 heavy (non-hydrogen) atoms. The standard InChI is InChI=1S/C25H21N3O2/c29-25(30)13-18-28(23-5-1-19(2-6-23)21-9-14-26-15-10-21)24-7-3-20(4-8-24)22-11-16-27-17-12-22/h1-12,14-17H,13,18H2,(H,29,30). The summed E-state index contributed by atoms with van der Waals surface area (Å²) in [6.07, 6.45) is 7.14. The van der Waals surface area contributed by atoms with Crippen molar-refractivity contribution in [3.63, 3.8) is 0 Å². The minimum absolute atomic E-state index is 0.0538. The number of aromatic nitrogens is 2. The zero-order valence-corrected chi connectivity index (χ0v) is 16.3. The van der Waals surface area contributed by atoms with E-state index in [0.717, 1.165) is 33.6 Å². The van der Waals surface area contributed by atoms with Crippen LogP contribution < -0.4 is 4.90 Å². The van der Waals surface area contributed by atoms with Crippen LogP contribution in [0, 0.1) is 0 Å². The number of carboxylic acid groups (broad SMARTS) is 1. The Morgan fingerprint density at radius 2 is 1.00 bits per heavy atom. The predicted molar refractivity (Wildman–Crippen MR) is 119 cm³/mol. The molecule has 2 aromatic heterocycles. The first kappa shape index (κ1) is 19.3. The van der Waals surface area contributed by atoms with E-state index in [9.17, 15) is 9.90 Å². The molecule has 0 aliphatic rings. The van der Waals surface area contributed by atoms with Crippen molar-refractivity contribution in [2.24, 2.45) is 0 Å². The lowest BCUT2D eigenvalue weighted by Crippen LogP contribution is -2.20. The van der Waals surface area contributed by atoms with Crippen LogP contribution >= 0.6 is 0 Å². The molecule has 0 fully saturated rings. The van der Waals surface area contributed by atoms with E-state index in [4.69, 9.17) is 0 Å². The maximum absolute atomic E-state index is 11.2. The second-order valence-corrected chi connectivity index (χ2v) is 6.86. The molecule has 1 N–H and O–H groups in total.